The number of carbonyl (C=O) groups excluding carboxylic acids is 2. The highest BCUT2D eigenvalue weighted by atomic mass is 16.5. The number of nitrogens with zero attached hydrogens (tertiary/aromatic N) is 3. The van der Waals surface area contributed by atoms with Gasteiger partial charge in [0.05, 0.1) is 18.5 Å². The van der Waals surface area contributed by atoms with Crippen molar-refractivity contribution in [3.05, 3.63) is 83.2 Å². The standard InChI is InChI=1S/C31H37N7O4/c1-19-20(2)25(42-18-21-14-15-33-27(16-21)35-29(39)32-6)13-12-24(19)34-30(40)36-28-17-26(31(3,4)5)37-38(28)22-8-10-23(41-7)11-9-22/h8-17H,18H2,1-7H3,(H2,34,36,40)(H2,32,33,35,39). The van der Waals surface area contributed by atoms with Gasteiger partial charge in [-0.25, -0.2) is 19.3 Å². The van der Waals surface area contributed by atoms with Gasteiger partial charge in [-0.15, -0.1) is 0 Å². The normalized spacial score (nSPS) is 11.0. The number of nitrogens with one attached hydrogen (secondary N) is 4. The zero-order chi connectivity index (χ0) is 30.4. The van der Waals surface area contributed by atoms with Crippen LogP contribution in [0.3, 0.4) is 0 Å². The summed E-state index contributed by atoms with van der Waals surface area (Å²) in [5, 5.41) is 15.8. The molecule has 2 heterocycles. The molecule has 42 heavy (non-hydrogen) atoms. The number of benzene rings is 2. The van der Waals surface area contributed by atoms with E-state index in [1.54, 1.807) is 24.1 Å². The quantitative estimate of drug-likeness (QED) is 0.200. The minimum atomic E-state index is -0.394. The molecule has 0 atom stereocenters. The molecule has 0 saturated heterocycles. The maximum absolute atomic E-state index is 13.2. The summed E-state index contributed by atoms with van der Waals surface area (Å²) in [6.07, 6.45) is 1.61. The van der Waals surface area contributed by atoms with Gasteiger partial charge in [0.15, 0.2) is 0 Å². The fraction of sp³-hybridized carbons (Fsp3) is 0.290. The maximum Gasteiger partial charge on any atom is 0.324 e. The Hall–Kier alpha value is -5.06. The van der Waals surface area contributed by atoms with Crippen molar-refractivity contribution in [3.63, 3.8) is 0 Å². The summed E-state index contributed by atoms with van der Waals surface area (Å²) in [7, 11) is 3.15. The SMILES string of the molecule is CNC(=O)Nc1cc(COc2ccc(NC(=O)Nc3cc(C(C)(C)C)nn3-c3ccc(OC)cc3)c(C)c2C)ccn1. The van der Waals surface area contributed by atoms with Gasteiger partial charge in [-0.2, -0.15) is 5.10 Å². The first-order valence-electron chi connectivity index (χ1n) is 13.5. The van der Waals surface area contributed by atoms with Crippen LogP contribution in [0.4, 0.5) is 26.9 Å². The molecule has 2 aromatic carbocycles. The predicted molar refractivity (Wildman–Crippen MR) is 164 cm³/mol. The molecule has 11 heteroatoms. The molecule has 4 amide bonds. The van der Waals surface area contributed by atoms with Gasteiger partial charge in [-0.1, -0.05) is 20.8 Å². The molecule has 0 aliphatic heterocycles. The maximum atomic E-state index is 13.2. The lowest BCUT2D eigenvalue weighted by Gasteiger charge is -2.16. The Morgan fingerprint density at radius 3 is 2.31 bits per heavy atom. The van der Waals surface area contributed by atoms with E-state index in [-0.39, 0.29) is 18.1 Å². The van der Waals surface area contributed by atoms with Crippen molar-refractivity contribution in [1.29, 1.82) is 0 Å². The Kier molecular flexibility index (Phi) is 8.99. The first-order chi connectivity index (χ1) is 20.0. The second-order valence-corrected chi connectivity index (χ2v) is 10.8. The van der Waals surface area contributed by atoms with E-state index in [2.05, 4.69) is 47.0 Å². The van der Waals surface area contributed by atoms with Crippen molar-refractivity contribution in [2.45, 2.75) is 46.6 Å². The number of aromatic nitrogens is 3. The number of rotatable bonds is 8. The number of amides is 4. The Morgan fingerprint density at radius 2 is 1.64 bits per heavy atom. The highest BCUT2D eigenvalue weighted by Crippen LogP contribution is 2.30. The summed E-state index contributed by atoms with van der Waals surface area (Å²) in [4.78, 5) is 28.9. The van der Waals surface area contributed by atoms with Crippen LogP contribution in [0.1, 0.15) is 43.2 Å². The van der Waals surface area contributed by atoms with E-state index >= 15 is 0 Å². The smallest absolute Gasteiger partial charge is 0.324 e. The van der Waals surface area contributed by atoms with E-state index in [4.69, 9.17) is 14.6 Å². The van der Waals surface area contributed by atoms with Crippen molar-refractivity contribution < 1.29 is 19.1 Å². The van der Waals surface area contributed by atoms with Crippen molar-refractivity contribution >= 4 is 29.4 Å². The molecule has 0 aliphatic carbocycles. The van der Waals surface area contributed by atoms with Crippen molar-refractivity contribution in [2.75, 3.05) is 30.1 Å². The first-order valence-corrected chi connectivity index (χ1v) is 13.5. The first kappa shape index (κ1) is 29.9. The van der Waals surface area contributed by atoms with E-state index in [0.29, 0.717) is 23.1 Å². The van der Waals surface area contributed by atoms with Gasteiger partial charge < -0.3 is 20.1 Å². The van der Waals surface area contributed by atoms with Crippen LogP contribution in [0.15, 0.2) is 60.8 Å². The molecular formula is C31H37N7O4. The third-order valence-corrected chi connectivity index (χ3v) is 6.71. The highest BCUT2D eigenvalue weighted by molar-refractivity contribution is 6.00. The lowest BCUT2D eigenvalue weighted by atomic mass is 9.92. The summed E-state index contributed by atoms with van der Waals surface area (Å²) >= 11 is 0. The number of ether oxygens (including phenoxy) is 2. The molecule has 4 N–H and O–H groups in total. The largest absolute Gasteiger partial charge is 0.497 e. The van der Waals surface area contributed by atoms with Crippen LogP contribution in [0.5, 0.6) is 11.5 Å². The molecule has 4 rings (SSSR count). The number of carbonyl (C=O) groups is 2. The molecule has 11 nitrogen and oxygen atoms in total. The van der Waals surface area contributed by atoms with Crippen LogP contribution in [0.2, 0.25) is 0 Å². The third-order valence-electron chi connectivity index (χ3n) is 6.71. The monoisotopic (exact) mass is 571 g/mol. The number of hydrogen-bond donors (Lipinski definition) is 4. The third kappa shape index (κ3) is 7.17. The molecular weight excluding hydrogens is 534 g/mol. The molecule has 0 fully saturated rings. The van der Waals surface area contributed by atoms with Gasteiger partial charge >= 0.3 is 12.1 Å². The zero-order valence-electron chi connectivity index (χ0n) is 25.0. The minimum Gasteiger partial charge on any atom is -0.497 e. The summed E-state index contributed by atoms with van der Waals surface area (Å²) in [6, 6.07) is 15.8. The number of pyridine rings is 1. The topological polar surface area (TPSA) is 131 Å². The van der Waals surface area contributed by atoms with E-state index in [9.17, 15) is 9.59 Å². The molecule has 0 radical (unpaired) electrons. The number of methoxy groups -OCH3 is 1. The molecule has 0 saturated carbocycles. The van der Waals surface area contributed by atoms with Gasteiger partial charge in [0.2, 0.25) is 0 Å². The summed E-state index contributed by atoms with van der Waals surface area (Å²) in [5.74, 6) is 2.39. The molecule has 220 valence electrons. The van der Waals surface area contributed by atoms with Gasteiger partial charge in [-0.3, -0.25) is 10.6 Å². The Balaban J connectivity index is 1.47. The Labute approximate surface area is 245 Å². The minimum absolute atomic E-state index is 0.216. The van der Waals surface area contributed by atoms with E-state index in [0.717, 1.165) is 33.8 Å². The number of urea groups is 2. The zero-order valence-corrected chi connectivity index (χ0v) is 25.0. The fourth-order valence-corrected chi connectivity index (χ4v) is 4.09. The van der Waals surface area contributed by atoms with Crippen molar-refractivity contribution in [1.82, 2.24) is 20.1 Å². The fourth-order valence-electron chi connectivity index (χ4n) is 4.09. The average molecular weight is 572 g/mol. The molecule has 0 spiro atoms. The van der Waals surface area contributed by atoms with Crippen LogP contribution in [-0.4, -0.2) is 41.0 Å². The molecule has 0 unspecified atom stereocenters. The molecule has 0 aliphatic rings. The highest BCUT2D eigenvalue weighted by Gasteiger charge is 2.22. The molecule has 2 aromatic heterocycles. The second-order valence-electron chi connectivity index (χ2n) is 10.8. The van der Waals surface area contributed by atoms with Crippen LogP contribution < -0.4 is 30.7 Å². The lowest BCUT2D eigenvalue weighted by molar-refractivity contribution is 0.253. The van der Waals surface area contributed by atoms with Crippen LogP contribution >= 0.6 is 0 Å². The van der Waals surface area contributed by atoms with Gasteiger partial charge in [-0.05, 0) is 79.1 Å². The summed E-state index contributed by atoms with van der Waals surface area (Å²) in [6.45, 7) is 10.4. The second kappa shape index (κ2) is 12.6. The number of hydrogen-bond acceptors (Lipinski definition) is 6. The summed E-state index contributed by atoms with van der Waals surface area (Å²) < 4.78 is 13.0. The lowest BCUT2D eigenvalue weighted by Crippen LogP contribution is -2.25. The average Bonchev–Trinajstić information content (AvgIpc) is 3.39. The van der Waals surface area contributed by atoms with E-state index in [1.165, 1.54) is 7.05 Å². The van der Waals surface area contributed by atoms with Crippen LogP contribution in [0.25, 0.3) is 5.69 Å². The van der Waals surface area contributed by atoms with E-state index in [1.807, 2.05) is 62.4 Å². The summed E-state index contributed by atoms with van der Waals surface area (Å²) in [5.41, 5.74) is 4.69. The molecule has 0 bridgehead atoms. The predicted octanol–water partition coefficient (Wildman–Crippen LogP) is 6.16. The van der Waals surface area contributed by atoms with Crippen LogP contribution in [0, 0.1) is 13.8 Å². The van der Waals surface area contributed by atoms with Crippen molar-refractivity contribution in [2.24, 2.45) is 0 Å². The van der Waals surface area contributed by atoms with Crippen LogP contribution in [-0.2, 0) is 12.0 Å². The van der Waals surface area contributed by atoms with Gasteiger partial charge in [0.25, 0.3) is 0 Å². The Morgan fingerprint density at radius 1 is 0.905 bits per heavy atom. The van der Waals surface area contributed by atoms with Crippen molar-refractivity contribution in [3.8, 4) is 17.2 Å². The molecule has 4 aromatic rings. The van der Waals surface area contributed by atoms with Gasteiger partial charge in [0, 0.05) is 30.4 Å². The Bertz CT molecular complexity index is 1570. The van der Waals surface area contributed by atoms with Gasteiger partial charge in [0.1, 0.15) is 29.7 Å². The van der Waals surface area contributed by atoms with E-state index < -0.39 is 6.03 Å². The number of anilines is 3.